The standard InChI is InChI=1S/C12H18N2O/c1-3-9(2)11(12(13)15)14-10-7-5-4-6-8-10/h4-9,11,14H,3H2,1-2H3,(H2,13,15)/t9-,11-/m0/s1. The Morgan fingerprint density at radius 3 is 2.47 bits per heavy atom. The molecule has 0 unspecified atom stereocenters. The number of carbonyl (C=O) groups is 1. The molecule has 1 aromatic rings. The highest BCUT2D eigenvalue weighted by molar-refractivity contribution is 5.83. The van der Waals surface area contributed by atoms with Crippen LogP contribution in [0.2, 0.25) is 0 Å². The summed E-state index contributed by atoms with van der Waals surface area (Å²) in [7, 11) is 0. The number of rotatable bonds is 5. The maximum Gasteiger partial charge on any atom is 0.240 e. The van der Waals surface area contributed by atoms with Crippen molar-refractivity contribution in [3.63, 3.8) is 0 Å². The van der Waals surface area contributed by atoms with Crippen molar-refractivity contribution >= 4 is 11.6 Å². The van der Waals surface area contributed by atoms with Gasteiger partial charge >= 0.3 is 0 Å². The van der Waals surface area contributed by atoms with Crippen LogP contribution in [0.25, 0.3) is 0 Å². The van der Waals surface area contributed by atoms with Gasteiger partial charge in [0.05, 0.1) is 0 Å². The number of anilines is 1. The van der Waals surface area contributed by atoms with E-state index >= 15 is 0 Å². The lowest BCUT2D eigenvalue weighted by molar-refractivity contribution is -0.119. The van der Waals surface area contributed by atoms with E-state index in [9.17, 15) is 4.79 Å². The Morgan fingerprint density at radius 1 is 1.40 bits per heavy atom. The predicted molar refractivity (Wildman–Crippen MR) is 62.5 cm³/mol. The smallest absolute Gasteiger partial charge is 0.240 e. The summed E-state index contributed by atoms with van der Waals surface area (Å²) in [5.74, 6) is -0.0593. The van der Waals surface area contributed by atoms with Gasteiger partial charge in [-0.15, -0.1) is 0 Å². The molecule has 1 aromatic carbocycles. The van der Waals surface area contributed by atoms with Crippen LogP contribution in [-0.2, 0) is 4.79 Å². The van der Waals surface area contributed by atoms with Crippen molar-refractivity contribution in [1.29, 1.82) is 0 Å². The van der Waals surface area contributed by atoms with Crippen LogP contribution in [0.3, 0.4) is 0 Å². The van der Waals surface area contributed by atoms with Crippen molar-refractivity contribution in [3.05, 3.63) is 30.3 Å². The normalized spacial score (nSPS) is 14.3. The van der Waals surface area contributed by atoms with Gasteiger partial charge in [-0.3, -0.25) is 4.79 Å². The van der Waals surface area contributed by atoms with Gasteiger partial charge in [0.15, 0.2) is 0 Å². The van der Waals surface area contributed by atoms with Gasteiger partial charge in [-0.1, -0.05) is 38.5 Å². The van der Waals surface area contributed by atoms with E-state index in [0.29, 0.717) is 0 Å². The average molecular weight is 206 g/mol. The lowest BCUT2D eigenvalue weighted by Crippen LogP contribution is -2.40. The SMILES string of the molecule is CC[C@H](C)[C@H](Nc1ccccc1)C(N)=O. The molecule has 15 heavy (non-hydrogen) atoms. The zero-order chi connectivity index (χ0) is 11.3. The molecule has 0 aliphatic carbocycles. The van der Waals surface area contributed by atoms with Crippen LogP contribution in [0, 0.1) is 5.92 Å². The van der Waals surface area contributed by atoms with E-state index in [1.807, 2.05) is 44.2 Å². The minimum atomic E-state index is -0.298. The Hall–Kier alpha value is -1.51. The van der Waals surface area contributed by atoms with E-state index in [1.165, 1.54) is 0 Å². The molecule has 0 spiro atoms. The molecule has 3 heteroatoms. The van der Waals surface area contributed by atoms with Gasteiger partial charge in [-0.05, 0) is 18.1 Å². The summed E-state index contributed by atoms with van der Waals surface area (Å²) in [4.78, 5) is 11.3. The number of primary amides is 1. The number of nitrogens with two attached hydrogens (primary N) is 1. The van der Waals surface area contributed by atoms with Gasteiger partial charge in [-0.25, -0.2) is 0 Å². The van der Waals surface area contributed by atoms with Crippen LogP contribution in [0.15, 0.2) is 30.3 Å². The Bertz CT molecular complexity index is 311. The van der Waals surface area contributed by atoms with E-state index < -0.39 is 0 Å². The van der Waals surface area contributed by atoms with Gasteiger partial charge in [0.1, 0.15) is 6.04 Å². The zero-order valence-corrected chi connectivity index (χ0v) is 9.23. The zero-order valence-electron chi connectivity index (χ0n) is 9.23. The third-order valence-electron chi connectivity index (χ3n) is 2.62. The molecule has 1 rings (SSSR count). The second-order valence-electron chi connectivity index (χ2n) is 3.78. The lowest BCUT2D eigenvalue weighted by atomic mass is 9.98. The minimum absolute atomic E-state index is 0.239. The second-order valence-corrected chi connectivity index (χ2v) is 3.78. The number of hydrogen-bond donors (Lipinski definition) is 2. The first-order valence-corrected chi connectivity index (χ1v) is 5.26. The second kappa shape index (κ2) is 5.39. The molecule has 0 saturated carbocycles. The van der Waals surface area contributed by atoms with Gasteiger partial charge in [0.25, 0.3) is 0 Å². The Labute approximate surface area is 90.7 Å². The lowest BCUT2D eigenvalue weighted by Gasteiger charge is -2.22. The Morgan fingerprint density at radius 2 is 2.00 bits per heavy atom. The topological polar surface area (TPSA) is 55.1 Å². The number of para-hydroxylation sites is 1. The molecule has 0 saturated heterocycles. The Balaban J connectivity index is 2.71. The highest BCUT2D eigenvalue weighted by atomic mass is 16.1. The van der Waals surface area contributed by atoms with Crippen LogP contribution in [0.1, 0.15) is 20.3 Å². The summed E-state index contributed by atoms with van der Waals surface area (Å²) >= 11 is 0. The molecule has 3 N–H and O–H groups in total. The van der Waals surface area contributed by atoms with Gasteiger partial charge in [-0.2, -0.15) is 0 Å². The molecule has 3 nitrogen and oxygen atoms in total. The first kappa shape index (κ1) is 11.6. The predicted octanol–water partition coefficient (Wildman–Crippen LogP) is 2.00. The fourth-order valence-corrected chi connectivity index (χ4v) is 1.44. The van der Waals surface area contributed by atoms with Crippen molar-refractivity contribution < 1.29 is 4.79 Å². The van der Waals surface area contributed by atoms with E-state index in [2.05, 4.69) is 5.32 Å². The molecular weight excluding hydrogens is 188 g/mol. The van der Waals surface area contributed by atoms with E-state index in [0.717, 1.165) is 12.1 Å². The molecule has 0 bridgehead atoms. The van der Waals surface area contributed by atoms with E-state index in [1.54, 1.807) is 0 Å². The first-order valence-electron chi connectivity index (χ1n) is 5.26. The van der Waals surface area contributed by atoms with Crippen LogP contribution in [-0.4, -0.2) is 11.9 Å². The number of benzene rings is 1. The Kier molecular flexibility index (Phi) is 4.16. The average Bonchev–Trinajstić information content (AvgIpc) is 2.26. The third kappa shape index (κ3) is 3.27. The molecule has 0 heterocycles. The van der Waals surface area contributed by atoms with Crippen molar-refractivity contribution in [2.45, 2.75) is 26.3 Å². The molecule has 0 aliphatic heterocycles. The molecule has 1 amide bonds. The minimum Gasteiger partial charge on any atom is -0.373 e. The molecule has 0 aliphatic rings. The van der Waals surface area contributed by atoms with Crippen LogP contribution in [0.4, 0.5) is 5.69 Å². The summed E-state index contributed by atoms with van der Waals surface area (Å²) in [6.45, 7) is 4.07. The van der Waals surface area contributed by atoms with Crippen molar-refractivity contribution in [2.24, 2.45) is 11.7 Å². The monoisotopic (exact) mass is 206 g/mol. The number of nitrogens with one attached hydrogen (secondary N) is 1. The number of carbonyl (C=O) groups excluding carboxylic acids is 1. The summed E-state index contributed by atoms with van der Waals surface area (Å²) in [6, 6.07) is 9.36. The maximum absolute atomic E-state index is 11.3. The van der Waals surface area contributed by atoms with E-state index in [4.69, 9.17) is 5.73 Å². The fraction of sp³-hybridized carbons (Fsp3) is 0.417. The third-order valence-corrected chi connectivity index (χ3v) is 2.62. The van der Waals surface area contributed by atoms with E-state index in [-0.39, 0.29) is 17.9 Å². The van der Waals surface area contributed by atoms with Crippen molar-refractivity contribution in [2.75, 3.05) is 5.32 Å². The van der Waals surface area contributed by atoms with Gasteiger partial charge < -0.3 is 11.1 Å². The largest absolute Gasteiger partial charge is 0.373 e. The molecular formula is C12H18N2O. The fourth-order valence-electron chi connectivity index (χ4n) is 1.44. The number of hydrogen-bond acceptors (Lipinski definition) is 2. The van der Waals surface area contributed by atoms with Crippen LogP contribution >= 0.6 is 0 Å². The molecule has 0 radical (unpaired) electrons. The summed E-state index contributed by atoms with van der Waals surface area (Å²) in [6.07, 6.45) is 0.924. The summed E-state index contributed by atoms with van der Waals surface area (Å²) in [5, 5.41) is 3.15. The van der Waals surface area contributed by atoms with Crippen LogP contribution in [0.5, 0.6) is 0 Å². The van der Waals surface area contributed by atoms with Crippen molar-refractivity contribution in [3.8, 4) is 0 Å². The quantitative estimate of drug-likeness (QED) is 0.774. The molecule has 0 aromatic heterocycles. The highest BCUT2D eigenvalue weighted by Gasteiger charge is 2.20. The molecule has 82 valence electrons. The van der Waals surface area contributed by atoms with Gasteiger partial charge in [0, 0.05) is 5.69 Å². The summed E-state index contributed by atoms with van der Waals surface area (Å²) in [5.41, 5.74) is 6.29. The number of amides is 1. The molecule has 2 atom stereocenters. The van der Waals surface area contributed by atoms with Crippen molar-refractivity contribution in [1.82, 2.24) is 0 Å². The molecule has 0 fully saturated rings. The summed E-state index contributed by atoms with van der Waals surface area (Å²) < 4.78 is 0. The highest BCUT2D eigenvalue weighted by Crippen LogP contribution is 2.14. The van der Waals surface area contributed by atoms with Gasteiger partial charge in [0.2, 0.25) is 5.91 Å². The van der Waals surface area contributed by atoms with Crippen LogP contribution < -0.4 is 11.1 Å². The first-order chi connectivity index (χ1) is 7.15. The maximum atomic E-state index is 11.3.